The highest BCUT2D eigenvalue weighted by Crippen LogP contribution is 2.24. The molecular weight excluding hydrogens is 300 g/mol. The largest absolute Gasteiger partial charge is 0.326 e. The van der Waals surface area contributed by atoms with Gasteiger partial charge in [0.25, 0.3) is 0 Å². The van der Waals surface area contributed by atoms with Crippen molar-refractivity contribution in [2.75, 3.05) is 4.90 Å². The summed E-state index contributed by atoms with van der Waals surface area (Å²) in [4.78, 5) is 22.2. The number of anilines is 2. The summed E-state index contributed by atoms with van der Waals surface area (Å²) in [5.41, 5.74) is 9.32. The minimum Gasteiger partial charge on any atom is -0.326 e. The Morgan fingerprint density at radius 1 is 0.958 bits per heavy atom. The normalized spacial score (nSPS) is 10.4. The van der Waals surface area contributed by atoms with E-state index in [9.17, 15) is 4.79 Å². The third kappa shape index (κ3) is 3.31. The quantitative estimate of drug-likeness (QED) is 0.801. The molecule has 0 saturated carbocycles. The van der Waals surface area contributed by atoms with Crippen LogP contribution in [0.2, 0.25) is 0 Å². The number of carbonyl (C=O) groups is 1. The van der Waals surface area contributed by atoms with E-state index in [-0.39, 0.29) is 5.91 Å². The number of aromatic nitrogens is 2. The van der Waals surface area contributed by atoms with Gasteiger partial charge in [-0.25, -0.2) is 14.9 Å². The predicted octanol–water partition coefficient (Wildman–Crippen LogP) is 3.29. The van der Waals surface area contributed by atoms with Crippen molar-refractivity contribution in [3.05, 3.63) is 72.6 Å². The Morgan fingerprint density at radius 2 is 1.58 bits per heavy atom. The second kappa shape index (κ2) is 7.02. The van der Waals surface area contributed by atoms with Gasteiger partial charge in [-0.3, -0.25) is 4.79 Å². The van der Waals surface area contributed by atoms with Crippen LogP contribution in [-0.4, -0.2) is 15.9 Å². The molecule has 2 aromatic carbocycles. The van der Waals surface area contributed by atoms with E-state index in [4.69, 9.17) is 5.73 Å². The van der Waals surface area contributed by atoms with Crippen molar-refractivity contribution in [3.8, 4) is 11.1 Å². The van der Waals surface area contributed by atoms with E-state index in [1.807, 2.05) is 54.6 Å². The average Bonchev–Trinajstić information content (AvgIpc) is 2.63. The van der Waals surface area contributed by atoms with E-state index in [1.54, 1.807) is 12.4 Å². The zero-order chi connectivity index (χ0) is 16.9. The van der Waals surface area contributed by atoms with Gasteiger partial charge in [-0.05, 0) is 23.3 Å². The molecule has 24 heavy (non-hydrogen) atoms. The summed E-state index contributed by atoms with van der Waals surface area (Å²) in [6, 6.07) is 17.3. The Morgan fingerprint density at radius 3 is 2.12 bits per heavy atom. The molecule has 0 radical (unpaired) electrons. The molecule has 5 heteroatoms. The van der Waals surface area contributed by atoms with Crippen molar-refractivity contribution in [2.45, 2.75) is 13.5 Å². The fourth-order valence-corrected chi connectivity index (χ4v) is 2.43. The van der Waals surface area contributed by atoms with E-state index in [0.717, 1.165) is 22.4 Å². The minimum absolute atomic E-state index is 0.138. The first-order valence-corrected chi connectivity index (χ1v) is 7.66. The highest BCUT2D eigenvalue weighted by Gasteiger charge is 2.16. The molecule has 0 spiro atoms. The molecule has 0 aliphatic rings. The molecular formula is C19H18N4O. The van der Waals surface area contributed by atoms with Gasteiger partial charge in [-0.15, -0.1) is 0 Å². The molecule has 0 fully saturated rings. The van der Waals surface area contributed by atoms with Crippen LogP contribution in [0.25, 0.3) is 11.1 Å². The molecule has 1 amide bonds. The Balaban J connectivity index is 1.91. The number of nitrogens with zero attached hydrogens (tertiary/aromatic N) is 3. The van der Waals surface area contributed by atoms with Crippen LogP contribution in [0, 0.1) is 0 Å². The second-order valence-corrected chi connectivity index (χ2v) is 5.36. The van der Waals surface area contributed by atoms with Crippen molar-refractivity contribution in [3.63, 3.8) is 0 Å². The molecule has 0 aliphatic heterocycles. The Labute approximate surface area is 140 Å². The average molecular weight is 318 g/mol. The first-order valence-electron chi connectivity index (χ1n) is 7.66. The first kappa shape index (κ1) is 15.8. The Bertz CT molecular complexity index is 814. The molecule has 1 heterocycles. The highest BCUT2D eigenvalue weighted by atomic mass is 16.2. The number of hydrogen-bond acceptors (Lipinski definition) is 4. The highest BCUT2D eigenvalue weighted by molar-refractivity contribution is 5.97. The smallest absolute Gasteiger partial charge is 0.236 e. The maximum Gasteiger partial charge on any atom is 0.236 e. The lowest BCUT2D eigenvalue weighted by atomic mass is 10.1. The molecule has 2 N–H and O–H groups in total. The zero-order valence-corrected chi connectivity index (χ0v) is 13.4. The molecule has 0 bridgehead atoms. The standard InChI is InChI=1S/C19H18N4O/c1-14(24)23(18-5-3-2-4-6-18)19-21-12-17(13-22-19)16-9-7-15(11-20)8-10-16/h2-10,12-13H,11,20H2,1H3. The summed E-state index contributed by atoms with van der Waals surface area (Å²) in [6.45, 7) is 2.01. The van der Waals surface area contributed by atoms with Crippen LogP contribution in [0.15, 0.2) is 67.0 Å². The maximum atomic E-state index is 12.0. The molecule has 0 unspecified atom stereocenters. The maximum absolute atomic E-state index is 12.0. The summed E-state index contributed by atoms with van der Waals surface area (Å²) in [6.07, 6.45) is 3.44. The van der Waals surface area contributed by atoms with Crippen molar-refractivity contribution < 1.29 is 4.79 Å². The fraction of sp³-hybridized carbons (Fsp3) is 0.105. The van der Waals surface area contributed by atoms with Gasteiger partial charge in [0.1, 0.15) is 0 Å². The van der Waals surface area contributed by atoms with Crippen LogP contribution < -0.4 is 10.6 Å². The molecule has 1 aromatic heterocycles. The summed E-state index contributed by atoms with van der Waals surface area (Å²) < 4.78 is 0. The third-order valence-electron chi connectivity index (χ3n) is 3.69. The number of benzene rings is 2. The second-order valence-electron chi connectivity index (χ2n) is 5.36. The summed E-state index contributed by atoms with van der Waals surface area (Å²) in [5.74, 6) is 0.220. The van der Waals surface area contributed by atoms with Crippen molar-refractivity contribution in [1.82, 2.24) is 9.97 Å². The lowest BCUT2D eigenvalue weighted by molar-refractivity contribution is -0.115. The summed E-state index contributed by atoms with van der Waals surface area (Å²) in [5, 5.41) is 0. The molecule has 0 atom stereocenters. The van der Waals surface area contributed by atoms with Crippen LogP contribution in [0.4, 0.5) is 11.6 Å². The van der Waals surface area contributed by atoms with Crippen molar-refractivity contribution in [2.24, 2.45) is 5.73 Å². The number of rotatable bonds is 4. The predicted molar refractivity (Wildman–Crippen MR) is 94.6 cm³/mol. The van der Waals surface area contributed by atoms with Gasteiger partial charge in [-0.1, -0.05) is 42.5 Å². The number of para-hydroxylation sites is 1. The monoisotopic (exact) mass is 318 g/mol. The zero-order valence-electron chi connectivity index (χ0n) is 13.4. The number of carbonyl (C=O) groups excluding carboxylic acids is 1. The summed E-state index contributed by atoms with van der Waals surface area (Å²) >= 11 is 0. The van der Waals surface area contributed by atoms with E-state index >= 15 is 0 Å². The molecule has 3 aromatic rings. The number of amides is 1. The molecule has 120 valence electrons. The van der Waals surface area contributed by atoms with Crippen molar-refractivity contribution >= 4 is 17.5 Å². The van der Waals surface area contributed by atoms with E-state index in [0.29, 0.717) is 12.5 Å². The van der Waals surface area contributed by atoms with E-state index < -0.39 is 0 Å². The SMILES string of the molecule is CC(=O)N(c1ccccc1)c1ncc(-c2ccc(CN)cc2)cn1. The van der Waals surface area contributed by atoms with Gasteiger partial charge in [0, 0.05) is 31.4 Å². The van der Waals surface area contributed by atoms with Crippen LogP contribution >= 0.6 is 0 Å². The Kier molecular flexibility index (Phi) is 4.63. The topological polar surface area (TPSA) is 72.1 Å². The summed E-state index contributed by atoms with van der Waals surface area (Å²) in [7, 11) is 0. The lowest BCUT2D eigenvalue weighted by Gasteiger charge is -2.19. The van der Waals surface area contributed by atoms with Gasteiger partial charge in [-0.2, -0.15) is 0 Å². The van der Waals surface area contributed by atoms with Gasteiger partial charge in [0.05, 0.1) is 5.69 Å². The van der Waals surface area contributed by atoms with Crippen LogP contribution in [-0.2, 0) is 11.3 Å². The fourth-order valence-electron chi connectivity index (χ4n) is 2.43. The van der Waals surface area contributed by atoms with Gasteiger partial charge in [0.2, 0.25) is 11.9 Å². The van der Waals surface area contributed by atoms with E-state index in [2.05, 4.69) is 9.97 Å². The number of hydrogen-bond donors (Lipinski definition) is 1. The van der Waals surface area contributed by atoms with Gasteiger partial charge in [0.15, 0.2) is 0 Å². The molecule has 0 saturated heterocycles. The number of nitrogens with two attached hydrogens (primary N) is 1. The molecule has 3 rings (SSSR count). The lowest BCUT2D eigenvalue weighted by Crippen LogP contribution is -2.24. The molecule has 5 nitrogen and oxygen atoms in total. The van der Waals surface area contributed by atoms with Gasteiger partial charge >= 0.3 is 0 Å². The van der Waals surface area contributed by atoms with Crippen molar-refractivity contribution in [1.29, 1.82) is 0 Å². The van der Waals surface area contributed by atoms with E-state index in [1.165, 1.54) is 11.8 Å². The minimum atomic E-state index is -0.138. The third-order valence-corrected chi connectivity index (χ3v) is 3.69. The van der Waals surface area contributed by atoms with Gasteiger partial charge < -0.3 is 5.73 Å². The molecule has 0 aliphatic carbocycles. The van der Waals surface area contributed by atoms with Crippen LogP contribution in [0.1, 0.15) is 12.5 Å². The van der Waals surface area contributed by atoms with Crippen LogP contribution in [0.3, 0.4) is 0 Å². The Hall–Kier alpha value is -3.05. The first-order chi connectivity index (χ1) is 11.7. The van der Waals surface area contributed by atoms with Crippen LogP contribution in [0.5, 0.6) is 0 Å².